The van der Waals surface area contributed by atoms with E-state index in [9.17, 15) is 8.42 Å². The zero-order valence-electron chi connectivity index (χ0n) is 13.8. The van der Waals surface area contributed by atoms with Crippen LogP contribution < -0.4 is 4.83 Å². The van der Waals surface area contributed by atoms with Crippen LogP contribution in [0.15, 0.2) is 29.4 Å². The van der Waals surface area contributed by atoms with Crippen LogP contribution in [-0.4, -0.2) is 20.4 Å². The van der Waals surface area contributed by atoms with E-state index in [0.717, 1.165) is 22.0 Å². The van der Waals surface area contributed by atoms with Crippen LogP contribution in [0.3, 0.4) is 0 Å². The third kappa shape index (κ3) is 10.7. The maximum absolute atomic E-state index is 11.8. The van der Waals surface area contributed by atoms with Crippen molar-refractivity contribution in [3.05, 3.63) is 33.4 Å². The van der Waals surface area contributed by atoms with E-state index in [1.807, 2.05) is 24.3 Å². The lowest BCUT2D eigenvalue weighted by atomic mass is 10.1. The average Bonchev–Trinajstić information content (AvgIpc) is 2.50. The Labute approximate surface area is 154 Å². The van der Waals surface area contributed by atoms with Crippen molar-refractivity contribution in [2.75, 3.05) is 5.75 Å². The Kier molecular flexibility index (Phi) is 10.5. The van der Waals surface area contributed by atoms with Gasteiger partial charge in [0.25, 0.3) is 0 Å². The van der Waals surface area contributed by atoms with Gasteiger partial charge < -0.3 is 0 Å². The maximum atomic E-state index is 11.8. The number of nitrogens with one attached hydrogen (secondary N) is 1. The van der Waals surface area contributed by atoms with E-state index in [1.165, 1.54) is 38.3 Å². The van der Waals surface area contributed by atoms with Gasteiger partial charge in [-0.3, -0.25) is 0 Å². The number of nitrogens with zero attached hydrogens (tertiary/aromatic N) is 1. The molecule has 0 aliphatic carbocycles. The van der Waals surface area contributed by atoms with E-state index in [2.05, 4.69) is 39.4 Å². The van der Waals surface area contributed by atoms with Gasteiger partial charge in [-0.25, -0.2) is 13.2 Å². The summed E-state index contributed by atoms with van der Waals surface area (Å²) in [5, 5.41) is 3.84. The Bertz CT molecular complexity index is 574. The third-order valence-electron chi connectivity index (χ3n) is 3.52. The molecule has 6 heteroatoms. The van der Waals surface area contributed by atoms with Crippen LogP contribution in [0.4, 0.5) is 0 Å². The lowest BCUT2D eigenvalue weighted by Gasteiger charge is -2.04. The molecular formula is C17H27IN2O2S. The molecule has 1 aromatic rings. The number of hydrogen-bond donors (Lipinski definition) is 1. The van der Waals surface area contributed by atoms with Gasteiger partial charge >= 0.3 is 0 Å². The van der Waals surface area contributed by atoms with Gasteiger partial charge in [0.1, 0.15) is 0 Å². The first-order valence-electron chi connectivity index (χ1n) is 8.31. The molecule has 0 unspecified atom stereocenters. The number of rotatable bonds is 12. The van der Waals surface area contributed by atoms with E-state index in [-0.39, 0.29) is 5.75 Å². The number of hydrazone groups is 1. The molecule has 1 N–H and O–H groups in total. The van der Waals surface area contributed by atoms with Crippen molar-refractivity contribution < 1.29 is 8.42 Å². The van der Waals surface area contributed by atoms with Crippen LogP contribution in [0.5, 0.6) is 0 Å². The largest absolute Gasteiger partial charge is 0.247 e. The van der Waals surface area contributed by atoms with Crippen molar-refractivity contribution >= 4 is 38.8 Å². The molecule has 0 spiro atoms. The highest BCUT2D eigenvalue weighted by Gasteiger charge is 2.07. The summed E-state index contributed by atoms with van der Waals surface area (Å²) < 4.78 is 24.8. The van der Waals surface area contributed by atoms with Gasteiger partial charge in [-0.2, -0.15) is 5.10 Å². The van der Waals surface area contributed by atoms with E-state index < -0.39 is 10.0 Å². The summed E-state index contributed by atoms with van der Waals surface area (Å²) in [6.45, 7) is 2.21. The van der Waals surface area contributed by atoms with Gasteiger partial charge in [-0.1, -0.05) is 64.0 Å². The summed E-state index contributed by atoms with van der Waals surface area (Å²) in [5.41, 5.74) is 0.881. The minimum atomic E-state index is -3.31. The number of benzene rings is 1. The molecule has 0 saturated heterocycles. The van der Waals surface area contributed by atoms with Crippen LogP contribution >= 0.6 is 22.6 Å². The standard InChI is InChI=1S/C17H27IN2O2S/c1-2-3-4-5-6-7-8-9-13-23(21,22)20-19-15-16-11-10-12-17(18)14-16/h10-12,14-15,20H,2-9,13H2,1H3. The fraction of sp³-hybridized carbons (Fsp3) is 0.588. The van der Waals surface area contributed by atoms with E-state index in [0.29, 0.717) is 6.42 Å². The molecule has 0 bridgehead atoms. The molecule has 0 fully saturated rings. The fourth-order valence-corrected chi connectivity index (χ4v) is 3.70. The monoisotopic (exact) mass is 450 g/mol. The second-order valence-corrected chi connectivity index (χ2v) is 8.76. The van der Waals surface area contributed by atoms with E-state index in [1.54, 1.807) is 0 Å². The Morgan fingerprint density at radius 3 is 2.39 bits per heavy atom. The van der Waals surface area contributed by atoms with Gasteiger partial charge in [-0.05, 0) is 46.7 Å². The maximum Gasteiger partial charge on any atom is 0.247 e. The Hall–Kier alpha value is -0.630. The molecule has 4 nitrogen and oxygen atoms in total. The highest BCUT2D eigenvalue weighted by atomic mass is 127. The molecule has 0 heterocycles. The highest BCUT2D eigenvalue weighted by Crippen LogP contribution is 2.09. The molecule has 0 radical (unpaired) electrons. The molecule has 1 rings (SSSR count). The van der Waals surface area contributed by atoms with Crippen molar-refractivity contribution in [2.24, 2.45) is 5.10 Å². The van der Waals surface area contributed by atoms with Crippen molar-refractivity contribution in [3.63, 3.8) is 0 Å². The lowest BCUT2D eigenvalue weighted by Crippen LogP contribution is -2.21. The molecule has 0 aromatic heterocycles. The normalized spacial score (nSPS) is 11.9. The van der Waals surface area contributed by atoms with Crippen LogP contribution in [-0.2, 0) is 10.0 Å². The second kappa shape index (κ2) is 11.8. The Morgan fingerprint density at radius 1 is 1.09 bits per heavy atom. The molecule has 0 aliphatic heterocycles. The molecule has 0 aliphatic rings. The van der Waals surface area contributed by atoms with Gasteiger partial charge in [0.15, 0.2) is 0 Å². The zero-order chi connectivity index (χ0) is 17.0. The molecule has 23 heavy (non-hydrogen) atoms. The quantitative estimate of drug-likeness (QED) is 0.218. The van der Waals surface area contributed by atoms with Crippen molar-refractivity contribution in [2.45, 2.75) is 58.3 Å². The number of unbranched alkanes of at least 4 members (excludes halogenated alkanes) is 7. The second-order valence-electron chi connectivity index (χ2n) is 5.70. The van der Waals surface area contributed by atoms with Crippen molar-refractivity contribution in [3.8, 4) is 0 Å². The smallest absolute Gasteiger partial charge is 0.205 e. The average molecular weight is 450 g/mol. The first-order valence-corrected chi connectivity index (χ1v) is 11.0. The minimum Gasteiger partial charge on any atom is -0.205 e. The van der Waals surface area contributed by atoms with Crippen LogP contribution in [0.2, 0.25) is 0 Å². The molecule has 0 atom stereocenters. The molecule has 0 amide bonds. The molecule has 1 aromatic carbocycles. The van der Waals surface area contributed by atoms with Gasteiger partial charge in [-0.15, -0.1) is 0 Å². The van der Waals surface area contributed by atoms with Gasteiger partial charge in [0, 0.05) is 3.57 Å². The van der Waals surface area contributed by atoms with Crippen LogP contribution in [0.25, 0.3) is 0 Å². The van der Waals surface area contributed by atoms with Gasteiger partial charge in [0.05, 0.1) is 12.0 Å². The summed E-state index contributed by atoms with van der Waals surface area (Å²) >= 11 is 2.21. The van der Waals surface area contributed by atoms with Crippen LogP contribution in [0, 0.1) is 3.57 Å². The summed E-state index contributed by atoms with van der Waals surface area (Å²) in [6, 6.07) is 7.72. The van der Waals surface area contributed by atoms with Crippen molar-refractivity contribution in [1.82, 2.24) is 4.83 Å². The van der Waals surface area contributed by atoms with E-state index >= 15 is 0 Å². The number of hydrogen-bond acceptors (Lipinski definition) is 3. The zero-order valence-corrected chi connectivity index (χ0v) is 16.8. The third-order valence-corrected chi connectivity index (χ3v) is 5.40. The first kappa shape index (κ1) is 20.4. The summed E-state index contributed by atoms with van der Waals surface area (Å²) in [5.74, 6) is 0.144. The molecule has 0 saturated carbocycles. The number of halogens is 1. The number of sulfonamides is 1. The summed E-state index contributed by atoms with van der Waals surface area (Å²) in [7, 11) is -3.31. The fourth-order valence-electron chi connectivity index (χ4n) is 2.24. The van der Waals surface area contributed by atoms with Gasteiger partial charge in [0.2, 0.25) is 10.0 Å². The predicted octanol–water partition coefficient (Wildman–Crippen LogP) is 4.69. The molecule has 130 valence electrons. The topological polar surface area (TPSA) is 58.5 Å². The highest BCUT2D eigenvalue weighted by molar-refractivity contribution is 14.1. The first-order chi connectivity index (χ1) is 11.0. The summed E-state index contributed by atoms with van der Waals surface area (Å²) in [4.78, 5) is 2.28. The molecular weight excluding hydrogens is 423 g/mol. The predicted molar refractivity (Wildman–Crippen MR) is 106 cm³/mol. The van der Waals surface area contributed by atoms with Crippen LogP contribution in [0.1, 0.15) is 63.9 Å². The lowest BCUT2D eigenvalue weighted by molar-refractivity contribution is 0.566. The van der Waals surface area contributed by atoms with Crippen molar-refractivity contribution in [1.29, 1.82) is 0 Å². The summed E-state index contributed by atoms with van der Waals surface area (Å²) in [6.07, 6.45) is 10.6. The Morgan fingerprint density at radius 2 is 1.74 bits per heavy atom. The van der Waals surface area contributed by atoms with E-state index in [4.69, 9.17) is 0 Å². The minimum absolute atomic E-state index is 0.144. The SMILES string of the molecule is CCCCCCCCCCS(=O)(=O)NN=Cc1cccc(I)c1. The Balaban J connectivity index is 2.18.